The van der Waals surface area contributed by atoms with Gasteiger partial charge >= 0.3 is 0 Å². The second-order valence-electron chi connectivity index (χ2n) is 11.4. The summed E-state index contributed by atoms with van der Waals surface area (Å²) in [5.74, 6) is 1.07. The average molecular weight is 526 g/mol. The largest absolute Gasteiger partial charge is 0.331 e. The van der Waals surface area contributed by atoms with Crippen molar-refractivity contribution in [2.24, 2.45) is 5.41 Å². The van der Waals surface area contributed by atoms with Gasteiger partial charge in [-0.05, 0) is 73.4 Å². The summed E-state index contributed by atoms with van der Waals surface area (Å²) in [4.78, 5) is 33.0. The first-order valence-electron chi connectivity index (χ1n) is 13.3. The van der Waals surface area contributed by atoms with E-state index in [4.69, 9.17) is 11.6 Å². The van der Waals surface area contributed by atoms with Crippen LogP contribution in [0.25, 0.3) is 6.08 Å². The first kappa shape index (κ1) is 24.9. The maximum Gasteiger partial charge on any atom is 0.237 e. The van der Waals surface area contributed by atoms with E-state index < -0.39 is 10.8 Å². The lowest BCUT2D eigenvalue weighted by Crippen LogP contribution is -2.43. The molecule has 0 radical (unpaired) electrons. The molecule has 2 aromatic carbocycles. The molecular weight excluding hydrogens is 494 g/mol. The third kappa shape index (κ3) is 4.04. The molecule has 0 bridgehead atoms. The lowest BCUT2D eigenvalue weighted by molar-refractivity contribution is -0.141. The second kappa shape index (κ2) is 9.39. The van der Waals surface area contributed by atoms with Crippen molar-refractivity contribution in [1.29, 1.82) is 0 Å². The quantitative estimate of drug-likeness (QED) is 0.410. The highest BCUT2D eigenvalue weighted by molar-refractivity contribution is 6.19. The molecule has 1 aromatic heterocycles. The van der Waals surface area contributed by atoms with Crippen LogP contribution in [0.1, 0.15) is 59.7 Å². The second-order valence-corrected chi connectivity index (χ2v) is 11.7. The van der Waals surface area contributed by atoms with Gasteiger partial charge in [-0.2, -0.15) is 0 Å². The molecule has 5 nitrogen and oxygen atoms in total. The van der Waals surface area contributed by atoms with Crippen LogP contribution < -0.4 is 5.32 Å². The van der Waals surface area contributed by atoms with Crippen LogP contribution in [0.5, 0.6) is 0 Å². The first-order chi connectivity index (χ1) is 18.3. The van der Waals surface area contributed by atoms with Crippen LogP contribution in [0, 0.1) is 5.41 Å². The molecule has 2 heterocycles. The number of benzene rings is 2. The number of nitrogens with one attached hydrogen (secondary N) is 1. The Labute approximate surface area is 228 Å². The van der Waals surface area contributed by atoms with E-state index in [0.29, 0.717) is 25.2 Å². The summed E-state index contributed by atoms with van der Waals surface area (Å²) in [6.07, 6.45) is 9.15. The zero-order valence-electron chi connectivity index (χ0n) is 21.8. The van der Waals surface area contributed by atoms with Crippen molar-refractivity contribution in [3.8, 4) is 0 Å². The Morgan fingerprint density at radius 1 is 1.13 bits per heavy atom. The molecule has 2 amide bonds. The summed E-state index contributed by atoms with van der Waals surface area (Å²) in [5.41, 5.74) is 5.82. The lowest BCUT2D eigenvalue weighted by Gasteiger charge is -2.35. The number of fused-ring (bicyclic) bond motifs is 4. The predicted molar refractivity (Wildman–Crippen MR) is 151 cm³/mol. The van der Waals surface area contributed by atoms with Crippen molar-refractivity contribution in [3.05, 3.63) is 100 Å². The number of amides is 2. The maximum atomic E-state index is 13.6. The molecule has 3 aliphatic rings. The van der Waals surface area contributed by atoms with Crippen LogP contribution in [-0.2, 0) is 34.3 Å². The summed E-state index contributed by atoms with van der Waals surface area (Å²) in [5, 5.41) is 2.98. The number of halogens is 1. The minimum Gasteiger partial charge on any atom is -0.331 e. The highest BCUT2D eigenvalue weighted by atomic mass is 35.5. The van der Waals surface area contributed by atoms with Crippen LogP contribution in [0.15, 0.2) is 66.9 Å². The summed E-state index contributed by atoms with van der Waals surface area (Å²) < 4.78 is 0. The molecular formula is C32H32ClN3O2. The number of carbonyl (C=O) groups excluding carboxylic acids is 2. The fourth-order valence-electron chi connectivity index (χ4n) is 6.35. The van der Waals surface area contributed by atoms with Crippen molar-refractivity contribution in [1.82, 2.24) is 9.88 Å². The van der Waals surface area contributed by atoms with E-state index in [-0.39, 0.29) is 23.7 Å². The number of nitrogens with zero attached hydrogens (tertiary/aromatic N) is 2. The molecule has 3 aromatic rings. The van der Waals surface area contributed by atoms with E-state index in [1.165, 1.54) is 22.3 Å². The molecule has 0 unspecified atom stereocenters. The Balaban J connectivity index is 1.24. The Bertz CT molecular complexity index is 1460. The highest BCUT2D eigenvalue weighted by Crippen LogP contribution is 2.46. The van der Waals surface area contributed by atoms with E-state index in [1.54, 1.807) is 6.20 Å². The third-order valence-electron chi connectivity index (χ3n) is 8.47. The smallest absolute Gasteiger partial charge is 0.237 e. The molecule has 6 rings (SSSR count). The van der Waals surface area contributed by atoms with Crippen LogP contribution in [0.3, 0.4) is 0 Å². The number of hydrogen-bond donors (Lipinski definition) is 1. The van der Waals surface area contributed by atoms with Gasteiger partial charge in [0.1, 0.15) is 5.82 Å². The number of alkyl halides is 1. The molecule has 0 saturated heterocycles. The van der Waals surface area contributed by atoms with Crippen molar-refractivity contribution in [2.75, 3.05) is 17.7 Å². The van der Waals surface area contributed by atoms with Crippen molar-refractivity contribution < 1.29 is 9.59 Å². The monoisotopic (exact) mass is 525 g/mol. The van der Waals surface area contributed by atoms with E-state index in [9.17, 15) is 9.59 Å². The summed E-state index contributed by atoms with van der Waals surface area (Å²) in [6, 6.07) is 18.8. The van der Waals surface area contributed by atoms with Crippen LogP contribution in [0.4, 0.5) is 5.82 Å². The standard InChI is InChI=1S/C32H32ClN3O2/c1-31(2,20-33)30(38)36(27-14-13-22-8-3-4-9-25(22)27)16-6-7-21-11-12-23-18-32(19-24(23)17-21)26-10-5-15-34-28(26)35-29(32)37/h3-12,15,17,27H,13-14,16,18-20H2,1-2H3,(H,34,35,37)/t27-,32-/m1/s1. The first-order valence-corrected chi connectivity index (χ1v) is 13.9. The van der Waals surface area contributed by atoms with Gasteiger partial charge in [0.2, 0.25) is 11.8 Å². The van der Waals surface area contributed by atoms with Crippen molar-refractivity contribution >= 4 is 35.3 Å². The minimum atomic E-state index is -0.637. The van der Waals surface area contributed by atoms with Gasteiger partial charge in [-0.25, -0.2) is 4.98 Å². The van der Waals surface area contributed by atoms with E-state index in [0.717, 1.165) is 24.0 Å². The molecule has 38 heavy (non-hydrogen) atoms. The van der Waals surface area contributed by atoms with Crippen LogP contribution >= 0.6 is 11.6 Å². The summed E-state index contributed by atoms with van der Waals surface area (Å²) >= 11 is 6.22. The molecule has 0 fully saturated rings. The van der Waals surface area contributed by atoms with Gasteiger partial charge < -0.3 is 10.2 Å². The molecule has 1 N–H and O–H groups in total. The fraction of sp³-hybridized carbons (Fsp3) is 0.344. The minimum absolute atomic E-state index is 0.0346. The van der Waals surface area contributed by atoms with Gasteiger partial charge in [0.25, 0.3) is 0 Å². The van der Waals surface area contributed by atoms with Gasteiger partial charge in [0, 0.05) is 24.2 Å². The van der Waals surface area contributed by atoms with E-state index in [2.05, 4.69) is 64.9 Å². The Kier molecular flexibility index (Phi) is 6.14. The molecule has 1 spiro atoms. The van der Waals surface area contributed by atoms with Gasteiger partial charge in [0.05, 0.1) is 16.9 Å². The molecule has 6 heteroatoms. The van der Waals surface area contributed by atoms with Crippen molar-refractivity contribution in [3.63, 3.8) is 0 Å². The maximum absolute atomic E-state index is 13.6. The SMILES string of the molecule is CC(C)(CCl)C(=O)N(CC=Cc1ccc2c(c1)C[C@@]1(C2)C(=O)Nc2ncccc21)[C@@H]1CCc2ccccc21. The normalized spacial score (nSPS) is 21.4. The summed E-state index contributed by atoms with van der Waals surface area (Å²) in [6.45, 7) is 4.35. The van der Waals surface area contributed by atoms with E-state index in [1.807, 2.05) is 30.9 Å². The zero-order valence-corrected chi connectivity index (χ0v) is 22.6. The molecule has 2 atom stereocenters. The van der Waals surface area contributed by atoms with Gasteiger partial charge in [-0.3, -0.25) is 9.59 Å². The number of carbonyl (C=O) groups is 2. The number of pyridine rings is 1. The lowest BCUT2D eigenvalue weighted by atomic mass is 9.79. The molecule has 194 valence electrons. The topological polar surface area (TPSA) is 62.3 Å². The average Bonchev–Trinajstić information content (AvgIpc) is 3.60. The predicted octanol–water partition coefficient (Wildman–Crippen LogP) is 5.86. The Hall–Kier alpha value is -3.44. The Morgan fingerprint density at radius 2 is 1.95 bits per heavy atom. The highest BCUT2D eigenvalue weighted by Gasteiger charge is 2.51. The molecule has 1 aliphatic heterocycles. The number of rotatable bonds is 6. The Morgan fingerprint density at radius 3 is 2.79 bits per heavy atom. The number of anilines is 1. The zero-order chi connectivity index (χ0) is 26.5. The molecule has 2 aliphatic carbocycles. The van der Waals surface area contributed by atoms with Gasteiger partial charge in [0.15, 0.2) is 0 Å². The number of aryl methyl sites for hydroxylation is 1. The third-order valence-corrected chi connectivity index (χ3v) is 9.14. The van der Waals surface area contributed by atoms with Gasteiger partial charge in [-0.1, -0.05) is 60.7 Å². The van der Waals surface area contributed by atoms with Crippen molar-refractivity contribution in [2.45, 2.75) is 51.0 Å². The van der Waals surface area contributed by atoms with Gasteiger partial charge in [-0.15, -0.1) is 11.6 Å². The number of aromatic nitrogens is 1. The van der Waals surface area contributed by atoms with Crippen LogP contribution in [-0.4, -0.2) is 34.1 Å². The summed E-state index contributed by atoms with van der Waals surface area (Å²) in [7, 11) is 0. The molecule has 0 saturated carbocycles. The fourth-order valence-corrected chi connectivity index (χ4v) is 6.46. The van der Waals surface area contributed by atoms with Crippen LogP contribution in [0.2, 0.25) is 0 Å². The number of hydrogen-bond acceptors (Lipinski definition) is 3. The van der Waals surface area contributed by atoms with E-state index >= 15 is 0 Å².